The molecule has 4 heteroatoms. The number of hydrogen-bond acceptors (Lipinski definition) is 2. The van der Waals surface area contributed by atoms with Gasteiger partial charge in [0.2, 0.25) is 0 Å². The van der Waals surface area contributed by atoms with Crippen molar-refractivity contribution in [3.05, 3.63) is 53.6 Å². The highest BCUT2D eigenvalue weighted by molar-refractivity contribution is 5.89. The molecule has 0 saturated carbocycles. The molecule has 102 valence electrons. The van der Waals surface area contributed by atoms with Crippen molar-refractivity contribution < 1.29 is 9.63 Å². The summed E-state index contributed by atoms with van der Waals surface area (Å²) < 4.78 is 0. The first-order chi connectivity index (χ1) is 9.69. The van der Waals surface area contributed by atoms with E-state index in [0.29, 0.717) is 0 Å². The normalized spacial score (nSPS) is 11.7. The summed E-state index contributed by atoms with van der Waals surface area (Å²) in [5, 5.41) is 3.97. The van der Waals surface area contributed by atoms with Gasteiger partial charge in [0.15, 0.2) is 0 Å². The van der Waals surface area contributed by atoms with Gasteiger partial charge in [-0.2, -0.15) is 0 Å². The third-order valence-electron chi connectivity index (χ3n) is 3.60. The summed E-state index contributed by atoms with van der Waals surface area (Å²) in [4.78, 5) is 16.6. The lowest BCUT2D eigenvalue weighted by molar-refractivity contribution is -0.0598. The third kappa shape index (κ3) is 2.14. The zero-order valence-electron chi connectivity index (χ0n) is 11.5. The van der Waals surface area contributed by atoms with Gasteiger partial charge in [-0.1, -0.05) is 30.3 Å². The molecule has 0 aromatic heterocycles. The van der Waals surface area contributed by atoms with E-state index in [1.807, 2.05) is 12.1 Å². The monoisotopic (exact) mass is 268 g/mol. The molecule has 3 rings (SSSR count). The molecule has 0 bridgehead atoms. The molecule has 0 atom stereocenters. The molecule has 20 heavy (non-hydrogen) atoms. The maximum absolute atomic E-state index is 11.8. The standard InChI is InChI=1S/C16H16N2O2/c1-18(20-2)16(19)17-13-7-8-15-12(10-13)9-11-5-3-4-6-14(11)15/h3-8,10H,9H2,1-2H3,(H,17,19). The van der Waals surface area contributed by atoms with Gasteiger partial charge in [-0.15, -0.1) is 0 Å². The quantitative estimate of drug-likeness (QED) is 0.725. The molecule has 0 fully saturated rings. The molecule has 2 aromatic carbocycles. The second-order valence-corrected chi connectivity index (χ2v) is 4.82. The topological polar surface area (TPSA) is 41.6 Å². The first-order valence-corrected chi connectivity index (χ1v) is 6.49. The summed E-state index contributed by atoms with van der Waals surface area (Å²) >= 11 is 0. The van der Waals surface area contributed by atoms with Crippen LogP contribution in [-0.4, -0.2) is 25.3 Å². The summed E-state index contributed by atoms with van der Waals surface area (Å²) in [5.41, 5.74) is 5.89. The molecular formula is C16H16N2O2. The van der Waals surface area contributed by atoms with Gasteiger partial charge in [0.25, 0.3) is 0 Å². The van der Waals surface area contributed by atoms with E-state index in [2.05, 4.69) is 35.6 Å². The Hall–Kier alpha value is -2.33. The number of fused-ring (bicyclic) bond motifs is 3. The Bertz CT molecular complexity index is 667. The minimum atomic E-state index is -0.289. The number of rotatable bonds is 2. The highest BCUT2D eigenvalue weighted by Crippen LogP contribution is 2.37. The van der Waals surface area contributed by atoms with E-state index in [0.717, 1.165) is 17.2 Å². The van der Waals surface area contributed by atoms with Gasteiger partial charge in [0.05, 0.1) is 7.11 Å². The highest BCUT2D eigenvalue weighted by atomic mass is 16.7. The number of hydrogen-bond donors (Lipinski definition) is 1. The summed E-state index contributed by atoms with van der Waals surface area (Å²) in [7, 11) is 3.03. The molecule has 0 spiro atoms. The fraction of sp³-hybridized carbons (Fsp3) is 0.188. The van der Waals surface area contributed by atoms with Crippen LogP contribution in [0.1, 0.15) is 11.1 Å². The highest BCUT2D eigenvalue weighted by Gasteiger charge is 2.18. The molecule has 0 radical (unpaired) electrons. The van der Waals surface area contributed by atoms with Gasteiger partial charge in [0.1, 0.15) is 0 Å². The van der Waals surface area contributed by atoms with Crippen molar-refractivity contribution >= 4 is 11.7 Å². The molecule has 0 saturated heterocycles. The predicted octanol–water partition coefficient (Wildman–Crippen LogP) is 3.28. The van der Waals surface area contributed by atoms with Gasteiger partial charge in [0, 0.05) is 12.7 Å². The molecule has 0 heterocycles. The van der Waals surface area contributed by atoms with Crippen molar-refractivity contribution in [2.45, 2.75) is 6.42 Å². The Balaban J connectivity index is 1.86. The average molecular weight is 268 g/mol. The summed E-state index contributed by atoms with van der Waals surface area (Å²) in [6, 6.07) is 14.1. The fourth-order valence-corrected chi connectivity index (χ4v) is 2.51. The first-order valence-electron chi connectivity index (χ1n) is 6.49. The fourth-order valence-electron chi connectivity index (χ4n) is 2.51. The maximum atomic E-state index is 11.8. The van der Waals surface area contributed by atoms with E-state index in [1.54, 1.807) is 7.05 Å². The number of anilines is 1. The Morgan fingerprint density at radius 1 is 1.15 bits per heavy atom. The van der Waals surface area contributed by atoms with Gasteiger partial charge in [-0.3, -0.25) is 4.84 Å². The van der Waals surface area contributed by atoms with Crippen molar-refractivity contribution in [3.63, 3.8) is 0 Å². The summed E-state index contributed by atoms with van der Waals surface area (Å²) in [6.07, 6.45) is 0.912. The molecular weight excluding hydrogens is 252 g/mol. The molecule has 2 aromatic rings. The lowest BCUT2D eigenvalue weighted by atomic mass is 10.1. The molecule has 4 nitrogen and oxygen atoms in total. The molecule has 1 N–H and O–H groups in total. The van der Waals surface area contributed by atoms with Crippen molar-refractivity contribution in [3.8, 4) is 11.1 Å². The Kier molecular flexibility index (Phi) is 3.16. The Morgan fingerprint density at radius 3 is 2.70 bits per heavy atom. The van der Waals surface area contributed by atoms with Crippen LogP contribution in [0.3, 0.4) is 0 Å². The minimum absolute atomic E-state index is 0.289. The van der Waals surface area contributed by atoms with Crippen LogP contribution in [0, 0.1) is 0 Å². The van der Waals surface area contributed by atoms with Crippen molar-refractivity contribution in [2.24, 2.45) is 0 Å². The van der Waals surface area contributed by atoms with Crippen molar-refractivity contribution in [1.82, 2.24) is 5.06 Å². The van der Waals surface area contributed by atoms with Crippen LogP contribution in [0.5, 0.6) is 0 Å². The van der Waals surface area contributed by atoms with Crippen LogP contribution in [0.4, 0.5) is 10.5 Å². The second kappa shape index (κ2) is 4.98. The van der Waals surface area contributed by atoms with Gasteiger partial charge in [-0.25, -0.2) is 9.86 Å². The van der Waals surface area contributed by atoms with Gasteiger partial charge in [-0.05, 0) is 40.8 Å². The number of amides is 2. The summed E-state index contributed by atoms with van der Waals surface area (Å²) in [5.74, 6) is 0. The number of urea groups is 1. The van der Waals surface area contributed by atoms with Crippen LogP contribution in [0.25, 0.3) is 11.1 Å². The SMILES string of the molecule is CON(C)C(=O)Nc1ccc2c(c1)Cc1ccccc1-2. The molecule has 2 amide bonds. The number of hydroxylamine groups is 2. The molecule has 1 aliphatic rings. The zero-order valence-corrected chi connectivity index (χ0v) is 11.5. The number of carbonyl (C=O) groups is 1. The second-order valence-electron chi connectivity index (χ2n) is 4.82. The van der Waals surface area contributed by atoms with Gasteiger partial charge >= 0.3 is 6.03 Å². The lowest BCUT2D eigenvalue weighted by Crippen LogP contribution is -2.30. The van der Waals surface area contributed by atoms with Crippen LogP contribution < -0.4 is 5.32 Å². The predicted molar refractivity (Wildman–Crippen MR) is 78.5 cm³/mol. The first kappa shape index (κ1) is 12.7. The van der Waals surface area contributed by atoms with Gasteiger partial charge < -0.3 is 5.32 Å². The zero-order chi connectivity index (χ0) is 14.1. The minimum Gasteiger partial charge on any atom is -0.306 e. The molecule has 1 aliphatic carbocycles. The van der Waals surface area contributed by atoms with E-state index in [-0.39, 0.29) is 6.03 Å². The van der Waals surface area contributed by atoms with Crippen LogP contribution in [0.2, 0.25) is 0 Å². The smallest absolute Gasteiger partial charge is 0.306 e. The lowest BCUT2D eigenvalue weighted by Gasteiger charge is -2.15. The van der Waals surface area contributed by atoms with Crippen molar-refractivity contribution in [1.29, 1.82) is 0 Å². The number of nitrogens with one attached hydrogen (secondary N) is 1. The van der Waals surface area contributed by atoms with Crippen molar-refractivity contribution in [2.75, 3.05) is 19.5 Å². The maximum Gasteiger partial charge on any atom is 0.345 e. The van der Waals surface area contributed by atoms with E-state index >= 15 is 0 Å². The van der Waals surface area contributed by atoms with Crippen LogP contribution >= 0.6 is 0 Å². The molecule has 0 unspecified atom stereocenters. The van der Waals surface area contributed by atoms with Crippen LogP contribution in [-0.2, 0) is 11.3 Å². The number of benzene rings is 2. The van der Waals surface area contributed by atoms with E-state index < -0.39 is 0 Å². The third-order valence-corrected chi connectivity index (χ3v) is 3.60. The number of carbonyl (C=O) groups excluding carboxylic acids is 1. The Morgan fingerprint density at radius 2 is 1.90 bits per heavy atom. The van der Waals surface area contributed by atoms with Crippen LogP contribution in [0.15, 0.2) is 42.5 Å². The van der Waals surface area contributed by atoms with E-state index in [4.69, 9.17) is 4.84 Å². The molecule has 0 aliphatic heterocycles. The average Bonchev–Trinajstić information content (AvgIpc) is 2.83. The summed E-state index contributed by atoms with van der Waals surface area (Å²) in [6.45, 7) is 0. The largest absolute Gasteiger partial charge is 0.345 e. The van der Waals surface area contributed by atoms with E-state index in [1.165, 1.54) is 29.4 Å². The Labute approximate surface area is 117 Å². The number of nitrogens with zero attached hydrogens (tertiary/aromatic N) is 1. The van der Waals surface area contributed by atoms with E-state index in [9.17, 15) is 4.79 Å².